The molecule has 0 aliphatic carbocycles. The summed E-state index contributed by atoms with van der Waals surface area (Å²) in [5, 5.41) is 12.8. The van der Waals surface area contributed by atoms with Gasteiger partial charge < -0.3 is 15.2 Å². The molecule has 1 aromatic heterocycles. The number of aromatic nitrogens is 2. The predicted octanol–water partition coefficient (Wildman–Crippen LogP) is 0.832. The number of hydrogen-bond donors (Lipinski definition) is 2. The van der Waals surface area contributed by atoms with Crippen LogP contribution in [0.2, 0.25) is 0 Å². The molecule has 1 heterocycles. The van der Waals surface area contributed by atoms with Crippen LogP contribution < -0.4 is 10.1 Å². The van der Waals surface area contributed by atoms with Gasteiger partial charge in [-0.2, -0.15) is 4.37 Å². The minimum absolute atomic E-state index is 0.221. The molecule has 0 fully saturated rings. The number of aliphatic hydroxyl groups is 1. The molecule has 2 atom stereocenters. The number of aliphatic hydroxyl groups excluding tert-OH is 1. The van der Waals surface area contributed by atoms with E-state index in [1.54, 1.807) is 0 Å². The summed E-state index contributed by atoms with van der Waals surface area (Å²) in [7, 11) is 0. The van der Waals surface area contributed by atoms with Crippen molar-refractivity contribution in [2.24, 2.45) is 0 Å². The van der Waals surface area contributed by atoms with Crippen molar-refractivity contribution in [3.8, 4) is 5.88 Å². The highest BCUT2D eigenvalue weighted by Gasteiger charge is 2.07. The molecule has 6 heteroatoms. The maximum atomic E-state index is 9.61. The highest BCUT2D eigenvalue weighted by Crippen LogP contribution is 2.05. The van der Waals surface area contributed by atoms with E-state index in [4.69, 9.17) is 4.74 Å². The molecule has 0 aromatic carbocycles. The van der Waals surface area contributed by atoms with Crippen molar-refractivity contribution in [2.75, 3.05) is 13.2 Å². The van der Waals surface area contributed by atoms with E-state index in [2.05, 4.69) is 20.6 Å². The van der Waals surface area contributed by atoms with Gasteiger partial charge in [0.25, 0.3) is 0 Å². The van der Waals surface area contributed by atoms with E-state index < -0.39 is 6.10 Å². The number of nitrogens with zero attached hydrogens (tertiary/aromatic N) is 2. The van der Waals surface area contributed by atoms with Crippen molar-refractivity contribution in [1.82, 2.24) is 14.1 Å². The van der Waals surface area contributed by atoms with Gasteiger partial charge in [-0.3, -0.25) is 0 Å². The normalized spacial score (nSPS) is 14.4. The molecule has 1 aromatic rings. The monoisotopic (exact) mass is 243 g/mol. The number of ether oxygens (including phenoxy) is 1. The van der Waals surface area contributed by atoms with Crippen molar-refractivity contribution >= 4 is 11.7 Å². The van der Waals surface area contributed by atoms with Crippen molar-refractivity contribution in [1.29, 1.82) is 0 Å². The maximum absolute atomic E-state index is 9.61. The summed E-state index contributed by atoms with van der Waals surface area (Å²) in [5.74, 6) is 0.461. The minimum atomic E-state index is -0.547. The molecule has 0 aliphatic rings. The number of hydrogen-bond acceptors (Lipinski definition) is 6. The highest BCUT2D eigenvalue weighted by atomic mass is 32.1. The average molecular weight is 243 g/mol. The molecule has 0 spiro atoms. The van der Waals surface area contributed by atoms with Gasteiger partial charge in [0, 0.05) is 12.6 Å². The second kappa shape index (κ2) is 7.32. The molecule has 0 amide bonds. The molecule has 2 N–H and O–H groups in total. The second-order valence-electron chi connectivity index (χ2n) is 3.54. The summed E-state index contributed by atoms with van der Waals surface area (Å²) in [5.41, 5.74) is 0. The number of nitrogens with one attached hydrogen (secondary N) is 1. The fraction of sp³-hybridized carbons (Fsp3) is 0.600. The lowest BCUT2D eigenvalue weighted by atomic mass is 10.2. The Hall–Kier alpha value is -0.980. The Bertz CT molecular complexity index is 292. The summed E-state index contributed by atoms with van der Waals surface area (Å²) in [4.78, 5) is 0. The van der Waals surface area contributed by atoms with E-state index >= 15 is 0 Å². The van der Waals surface area contributed by atoms with Crippen LogP contribution in [-0.4, -0.2) is 39.2 Å². The third kappa shape index (κ3) is 5.20. The third-order valence-electron chi connectivity index (χ3n) is 1.99. The van der Waals surface area contributed by atoms with Crippen molar-refractivity contribution < 1.29 is 9.84 Å². The first-order valence-electron chi connectivity index (χ1n) is 5.15. The van der Waals surface area contributed by atoms with Gasteiger partial charge >= 0.3 is 0 Å². The zero-order valence-electron chi connectivity index (χ0n) is 9.30. The van der Waals surface area contributed by atoms with Crippen molar-refractivity contribution in [3.05, 3.63) is 18.9 Å². The van der Waals surface area contributed by atoms with E-state index in [-0.39, 0.29) is 6.61 Å². The first-order valence-corrected chi connectivity index (χ1v) is 5.88. The Morgan fingerprint density at radius 1 is 1.75 bits per heavy atom. The first kappa shape index (κ1) is 13.1. The fourth-order valence-corrected chi connectivity index (χ4v) is 1.50. The fourth-order valence-electron chi connectivity index (χ4n) is 1.13. The summed E-state index contributed by atoms with van der Waals surface area (Å²) >= 11 is 1.08. The van der Waals surface area contributed by atoms with Gasteiger partial charge in [-0.25, -0.2) is 0 Å². The number of rotatable bonds is 8. The van der Waals surface area contributed by atoms with Crippen molar-refractivity contribution in [3.63, 3.8) is 0 Å². The topological polar surface area (TPSA) is 67.3 Å². The van der Waals surface area contributed by atoms with Crippen LogP contribution in [0.15, 0.2) is 18.9 Å². The van der Waals surface area contributed by atoms with Crippen LogP contribution in [0.3, 0.4) is 0 Å². The summed E-state index contributed by atoms with van der Waals surface area (Å²) in [6, 6.07) is 0.313. The molecule has 0 aliphatic heterocycles. The van der Waals surface area contributed by atoms with Gasteiger partial charge in [-0.1, -0.05) is 6.08 Å². The molecule has 16 heavy (non-hydrogen) atoms. The van der Waals surface area contributed by atoms with Crippen LogP contribution >= 0.6 is 11.7 Å². The van der Waals surface area contributed by atoms with Crippen LogP contribution in [-0.2, 0) is 0 Å². The lowest BCUT2D eigenvalue weighted by Crippen LogP contribution is -2.36. The smallest absolute Gasteiger partial charge is 0.245 e. The Balaban J connectivity index is 2.11. The van der Waals surface area contributed by atoms with E-state index in [0.29, 0.717) is 18.5 Å². The van der Waals surface area contributed by atoms with E-state index in [0.717, 1.165) is 18.1 Å². The molecule has 0 bridgehead atoms. The molecule has 1 rings (SSSR count). The van der Waals surface area contributed by atoms with E-state index in [1.807, 2.05) is 13.0 Å². The minimum Gasteiger partial charge on any atom is -0.473 e. The summed E-state index contributed by atoms with van der Waals surface area (Å²) in [6.07, 6.45) is 3.71. The molecule has 0 radical (unpaired) electrons. The van der Waals surface area contributed by atoms with Crippen molar-refractivity contribution in [2.45, 2.75) is 25.5 Å². The largest absolute Gasteiger partial charge is 0.473 e. The van der Waals surface area contributed by atoms with Crippen LogP contribution in [0.25, 0.3) is 0 Å². The lowest BCUT2D eigenvalue weighted by Gasteiger charge is -2.15. The van der Waals surface area contributed by atoms with E-state index in [1.165, 1.54) is 6.20 Å². The first-order chi connectivity index (χ1) is 7.72. The highest BCUT2D eigenvalue weighted by molar-refractivity contribution is 6.99. The molecular formula is C10H17N3O2S. The summed E-state index contributed by atoms with van der Waals surface area (Å²) < 4.78 is 12.9. The van der Waals surface area contributed by atoms with Crippen LogP contribution in [0.4, 0.5) is 0 Å². The Morgan fingerprint density at radius 2 is 2.56 bits per heavy atom. The van der Waals surface area contributed by atoms with Gasteiger partial charge in [0.2, 0.25) is 5.88 Å². The Kier molecular flexibility index (Phi) is 5.99. The summed E-state index contributed by atoms with van der Waals surface area (Å²) in [6.45, 7) is 6.41. The van der Waals surface area contributed by atoms with Gasteiger partial charge in [-0.15, -0.1) is 11.0 Å². The van der Waals surface area contributed by atoms with Crippen LogP contribution in [0, 0.1) is 0 Å². The quantitative estimate of drug-likeness (QED) is 0.662. The zero-order chi connectivity index (χ0) is 11.8. The SMILES string of the molecule is C=CCC(C)NCC(O)COc1cnsn1. The molecule has 5 nitrogen and oxygen atoms in total. The Labute approximate surface area is 99.5 Å². The Morgan fingerprint density at radius 3 is 3.19 bits per heavy atom. The van der Waals surface area contributed by atoms with Crippen LogP contribution in [0.1, 0.15) is 13.3 Å². The molecular weight excluding hydrogens is 226 g/mol. The third-order valence-corrected chi connectivity index (χ3v) is 2.45. The molecule has 0 saturated carbocycles. The van der Waals surface area contributed by atoms with Gasteiger partial charge in [0.05, 0.1) is 11.7 Å². The molecule has 90 valence electrons. The molecule has 0 saturated heterocycles. The van der Waals surface area contributed by atoms with E-state index in [9.17, 15) is 5.11 Å². The standard InChI is InChI=1S/C10H17N3O2S/c1-3-4-8(2)11-5-9(14)7-15-10-6-12-16-13-10/h3,6,8-9,11,14H,1,4-5,7H2,2H3. The zero-order valence-corrected chi connectivity index (χ0v) is 10.1. The van der Waals surface area contributed by atoms with Gasteiger partial charge in [0.15, 0.2) is 0 Å². The van der Waals surface area contributed by atoms with Gasteiger partial charge in [-0.05, 0) is 13.3 Å². The average Bonchev–Trinajstić information content (AvgIpc) is 2.77. The maximum Gasteiger partial charge on any atom is 0.245 e. The molecule has 2 unspecified atom stereocenters. The van der Waals surface area contributed by atoms with Crippen LogP contribution in [0.5, 0.6) is 5.88 Å². The predicted molar refractivity (Wildman–Crippen MR) is 63.7 cm³/mol. The second-order valence-corrected chi connectivity index (χ2v) is 4.10. The lowest BCUT2D eigenvalue weighted by molar-refractivity contribution is 0.102. The van der Waals surface area contributed by atoms with Gasteiger partial charge in [0.1, 0.15) is 18.9 Å².